The second-order valence-corrected chi connectivity index (χ2v) is 6.01. The molecule has 6 heteroatoms. The molecule has 0 radical (unpaired) electrons. The quantitative estimate of drug-likeness (QED) is 0.595. The molecule has 126 valence electrons. The Morgan fingerprint density at radius 2 is 1.81 bits per heavy atom. The van der Waals surface area contributed by atoms with Crippen molar-refractivity contribution in [2.24, 2.45) is 0 Å². The number of anilines is 2. The number of hydrogen-bond acceptors (Lipinski definition) is 5. The summed E-state index contributed by atoms with van der Waals surface area (Å²) >= 11 is 0. The van der Waals surface area contributed by atoms with Crippen LogP contribution in [0.3, 0.4) is 0 Å². The first-order valence-electron chi connectivity index (χ1n) is 8.12. The minimum Gasteiger partial charge on any atom is -0.382 e. The second kappa shape index (κ2) is 6.22. The lowest BCUT2D eigenvalue weighted by molar-refractivity contribution is 0.837. The lowest BCUT2D eigenvalue weighted by atomic mass is 10.1. The zero-order valence-corrected chi connectivity index (χ0v) is 13.9. The van der Waals surface area contributed by atoms with Crippen LogP contribution < -0.4 is 11.5 Å². The number of nitrogens with zero attached hydrogens (tertiary/aromatic N) is 4. The lowest BCUT2D eigenvalue weighted by Gasteiger charge is -2.08. The largest absolute Gasteiger partial charge is 0.382 e. The molecule has 0 aliphatic carbocycles. The van der Waals surface area contributed by atoms with Crippen LogP contribution in [0, 0.1) is 11.3 Å². The highest BCUT2D eigenvalue weighted by molar-refractivity contribution is 5.87. The van der Waals surface area contributed by atoms with Gasteiger partial charge in [0.15, 0.2) is 0 Å². The average Bonchev–Trinajstić information content (AvgIpc) is 3.04. The van der Waals surface area contributed by atoms with Crippen LogP contribution in [0.15, 0.2) is 60.8 Å². The van der Waals surface area contributed by atoms with Crippen molar-refractivity contribution in [3.63, 3.8) is 0 Å². The van der Waals surface area contributed by atoms with E-state index in [1.54, 1.807) is 0 Å². The molecule has 0 amide bonds. The average molecular weight is 340 g/mol. The van der Waals surface area contributed by atoms with Gasteiger partial charge in [-0.15, -0.1) is 0 Å². The van der Waals surface area contributed by atoms with E-state index in [0.717, 1.165) is 23.0 Å². The molecule has 4 N–H and O–H groups in total. The van der Waals surface area contributed by atoms with Gasteiger partial charge in [-0.25, -0.2) is 4.98 Å². The van der Waals surface area contributed by atoms with Gasteiger partial charge in [0, 0.05) is 29.2 Å². The Bertz CT molecular complexity index is 1140. The van der Waals surface area contributed by atoms with Crippen molar-refractivity contribution in [2.75, 3.05) is 11.5 Å². The molecule has 2 aromatic carbocycles. The van der Waals surface area contributed by atoms with E-state index in [0.29, 0.717) is 5.69 Å². The number of nitrogen functional groups attached to an aromatic ring is 2. The highest BCUT2D eigenvalue weighted by Crippen LogP contribution is 2.29. The summed E-state index contributed by atoms with van der Waals surface area (Å²) in [6.07, 6.45) is 2.05. The molecule has 2 heterocycles. The first-order chi connectivity index (χ1) is 12.7. The highest BCUT2D eigenvalue weighted by atomic mass is 15.0. The van der Waals surface area contributed by atoms with Crippen LogP contribution in [0.2, 0.25) is 0 Å². The predicted molar refractivity (Wildman–Crippen MR) is 102 cm³/mol. The van der Waals surface area contributed by atoms with Crippen molar-refractivity contribution in [3.8, 4) is 17.3 Å². The summed E-state index contributed by atoms with van der Waals surface area (Å²) in [5.74, 6) is 0.148. The van der Waals surface area contributed by atoms with E-state index in [2.05, 4.69) is 38.9 Å². The summed E-state index contributed by atoms with van der Waals surface area (Å²) in [5.41, 5.74) is 15.3. The van der Waals surface area contributed by atoms with Gasteiger partial charge < -0.3 is 16.0 Å². The fourth-order valence-corrected chi connectivity index (χ4v) is 3.08. The Morgan fingerprint density at radius 1 is 1.00 bits per heavy atom. The van der Waals surface area contributed by atoms with E-state index in [4.69, 9.17) is 11.5 Å². The second-order valence-electron chi connectivity index (χ2n) is 6.01. The summed E-state index contributed by atoms with van der Waals surface area (Å²) in [7, 11) is 0. The van der Waals surface area contributed by atoms with Crippen LogP contribution in [0.1, 0.15) is 11.1 Å². The van der Waals surface area contributed by atoms with E-state index in [-0.39, 0.29) is 17.3 Å². The van der Waals surface area contributed by atoms with E-state index in [1.165, 1.54) is 5.56 Å². The normalized spacial score (nSPS) is 10.7. The van der Waals surface area contributed by atoms with Crippen LogP contribution in [0.4, 0.5) is 11.8 Å². The molecule has 4 aromatic rings. The number of hydrogen-bond donors (Lipinski definition) is 2. The number of aromatic nitrogens is 3. The first-order valence-corrected chi connectivity index (χ1v) is 8.12. The van der Waals surface area contributed by atoms with E-state index >= 15 is 0 Å². The Balaban J connectivity index is 1.78. The van der Waals surface area contributed by atoms with Gasteiger partial charge in [0.05, 0.1) is 5.69 Å². The molecule has 0 spiro atoms. The third-order valence-electron chi connectivity index (χ3n) is 4.31. The lowest BCUT2D eigenvalue weighted by Crippen LogP contribution is -2.05. The van der Waals surface area contributed by atoms with Crippen LogP contribution in [0.5, 0.6) is 0 Å². The Hall–Kier alpha value is -3.85. The molecule has 2 aromatic heterocycles. The number of fused-ring (bicyclic) bond motifs is 1. The molecule has 0 unspecified atom stereocenters. The molecule has 0 saturated carbocycles. The summed E-state index contributed by atoms with van der Waals surface area (Å²) in [5, 5.41) is 10.4. The van der Waals surface area contributed by atoms with Gasteiger partial charge in [-0.05, 0) is 23.8 Å². The highest BCUT2D eigenvalue weighted by Gasteiger charge is 2.14. The van der Waals surface area contributed by atoms with Crippen molar-refractivity contribution < 1.29 is 0 Å². The third-order valence-corrected chi connectivity index (χ3v) is 4.31. The standard InChI is InChI=1S/C20H16N6/c21-11-16-18(24-20(23)25-19(16)22)15-6-7-17-14(10-15)8-9-26(17)12-13-4-2-1-3-5-13/h1-10H,12H2,(H4,22,23,24,25). The number of nitrogens with two attached hydrogens (primary N) is 2. The molecule has 0 aliphatic rings. The number of nitriles is 1. The number of rotatable bonds is 3. The Labute approximate surface area is 150 Å². The summed E-state index contributed by atoms with van der Waals surface area (Å²) in [4.78, 5) is 8.08. The molecule has 0 saturated heterocycles. The molecule has 0 atom stereocenters. The molecule has 0 fully saturated rings. The third kappa shape index (κ3) is 2.72. The summed E-state index contributed by atoms with van der Waals surface area (Å²) in [6.45, 7) is 0.792. The van der Waals surface area contributed by atoms with Gasteiger partial charge in [0.2, 0.25) is 5.95 Å². The summed E-state index contributed by atoms with van der Waals surface area (Å²) in [6, 6.07) is 20.3. The van der Waals surface area contributed by atoms with Gasteiger partial charge in [0.1, 0.15) is 17.5 Å². The fraction of sp³-hybridized carbons (Fsp3) is 0.0500. The van der Waals surface area contributed by atoms with Crippen molar-refractivity contribution in [1.29, 1.82) is 5.26 Å². The van der Waals surface area contributed by atoms with Gasteiger partial charge in [0.25, 0.3) is 0 Å². The molecule has 26 heavy (non-hydrogen) atoms. The maximum absolute atomic E-state index is 9.38. The molecule has 0 aliphatic heterocycles. The van der Waals surface area contributed by atoms with Gasteiger partial charge in [-0.1, -0.05) is 36.4 Å². The van der Waals surface area contributed by atoms with Crippen molar-refractivity contribution >= 4 is 22.7 Å². The van der Waals surface area contributed by atoms with Crippen LogP contribution >= 0.6 is 0 Å². The fourth-order valence-electron chi connectivity index (χ4n) is 3.08. The Morgan fingerprint density at radius 3 is 2.58 bits per heavy atom. The number of benzene rings is 2. The van der Waals surface area contributed by atoms with Gasteiger partial charge in [-0.2, -0.15) is 10.2 Å². The van der Waals surface area contributed by atoms with Crippen LogP contribution in [0.25, 0.3) is 22.2 Å². The van der Waals surface area contributed by atoms with Gasteiger partial charge in [-0.3, -0.25) is 0 Å². The molecular weight excluding hydrogens is 324 g/mol. The Kier molecular flexibility index (Phi) is 3.75. The van der Waals surface area contributed by atoms with E-state index in [1.807, 2.05) is 42.5 Å². The van der Waals surface area contributed by atoms with Crippen LogP contribution in [-0.4, -0.2) is 14.5 Å². The zero-order chi connectivity index (χ0) is 18.1. The first kappa shape index (κ1) is 15.7. The zero-order valence-electron chi connectivity index (χ0n) is 13.9. The van der Waals surface area contributed by atoms with E-state index in [9.17, 15) is 5.26 Å². The van der Waals surface area contributed by atoms with Crippen LogP contribution in [-0.2, 0) is 6.54 Å². The van der Waals surface area contributed by atoms with Crippen molar-refractivity contribution in [3.05, 3.63) is 71.9 Å². The maximum atomic E-state index is 9.38. The van der Waals surface area contributed by atoms with E-state index < -0.39 is 0 Å². The monoisotopic (exact) mass is 340 g/mol. The molecular formula is C20H16N6. The SMILES string of the molecule is N#Cc1c(N)nc(N)nc1-c1ccc2c(ccn2Cc2ccccc2)c1. The molecule has 0 bridgehead atoms. The minimum atomic E-state index is 0.0539. The summed E-state index contributed by atoms with van der Waals surface area (Å²) < 4.78 is 2.18. The maximum Gasteiger partial charge on any atom is 0.222 e. The molecule has 4 rings (SSSR count). The predicted octanol–water partition coefficient (Wildman–Crippen LogP) is 3.18. The van der Waals surface area contributed by atoms with Crippen molar-refractivity contribution in [2.45, 2.75) is 6.54 Å². The molecule has 6 nitrogen and oxygen atoms in total. The van der Waals surface area contributed by atoms with Gasteiger partial charge >= 0.3 is 0 Å². The smallest absolute Gasteiger partial charge is 0.222 e. The minimum absolute atomic E-state index is 0.0539. The topological polar surface area (TPSA) is 107 Å². The van der Waals surface area contributed by atoms with Crippen molar-refractivity contribution in [1.82, 2.24) is 14.5 Å².